The number of hydrogen-bond acceptors (Lipinski definition) is 33. The molecule has 4 aromatic rings. The first-order chi connectivity index (χ1) is 59.2. The summed E-state index contributed by atoms with van der Waals surface area (Å²) in [6, 6.07) is 20.8. The summed E-state index contributed by atoms with van der Waals surface area (Å²) in [6.07, 6.45) is -19.5. The summed E-state index contributed by atoms with van der Waals surface area (Å²) in [5.74, 6) is -6.52. The van der Waals surface area contributed by atoms with Crippen molar-refractivity contribution < 1.29 is 182 Å². The van der Waals surface area contributed by atoms with Gasteiger partial charge in [0, 0.05) is 16.8 Å². The van der Waals surface area contributed by atoms with Crippen LogP contribution in [-0.4, -0.2) is 285 Å². The fourth-order valence-electron chi connectivity index (χ4n) is 11.6. The van der Waals surface area contributed by atoms with Gasteiger partial charge in [0.15, 0.2) is 24.4 Å². The van der Waals surface area contributed by atoms with Crippen molar-refractivity contribution in [2.75, 3.05) is 31.7 Å². The van der Waals surface area contributed by atoms with Crippen LogP contribution in [0.1, 0.15) is 155 Å². The second-order valence-corrected chi connectivity index (χ2v) is 33.8. The van der Waals surface area contributed by atoms with Crippen LogP contribution in [0, 0.1) is 21.7 Å². The Morgan fingerprint density at radius 1 is 0.339 bits per heavy atom. The van der Waals surface area contributed by atoms with E-state index in [0.29, 0.717) is 41.8 Å². The van der Waals surface area contributed by atoms with E-state index in [2.05, 4.69) is 5.32 Å². The molecule has 4 aliphatic heterocycles. The molecule has 38 heteroatoms. The maximum atomic E-state index is 12.3. The van der Waals surface area contributed by atoms with Crippen molar-refractivity contribution in [2.24, 2.45) is 21.7 Å². The maximum Gasteiger partial charge on any atom is 0.414 e. The fourth-order valence-corrected chi connectivity index (χ4v) is 11.6. The molecule has 8 rings (SSSR count). The van der Waals surface area contributed by atoms with Crippen LogP contribution >= 0.6 is 0 Å². The third-order valence-corrected chi connectivity index (χ3v) is 19.3. The zero-order valence-electron chi connectivity index (χ0n) is 73.5. The number of aliphatic hydroxyl groups excluding tert-OH is 12. The molecule has 1 unspecified atom stereocenters. The van der Waals surface area contributed by atoms with Crippen molar-refractivity contribution in [1.82, 2.24) is 0 Å². The molecule has 38 nitrogen and oxygen atoms in total. The van der Waals surface area contributed by atoms with Gasteiger partial charge in [0.25, 0.3) is 0 Å². The Kier molecular flexibility index (Phi) is 40.6. The Morgan fingerprint density at radius 2 is 0.677 bits per heavy atom. The highest BCUT2D eigenvalue weighted by Crippen LogP contribution is 2.34. The minimum atomic E-state index is -1.89. The van der Waals surface area contributed by atoms with Crippen LogP contribution in [0.25, 0.3) is 24.3 Å². The Morgan fingerprint density at radius 3 is 1.06 bits per heavy atom. The quantitative estimate of drug-likeness (QED) is 0.0271. The van der Waals surface area contributed by atoms with Gasteiger partial charge in [-0.15, -0.1) is 0 Å². The number of amides is 1. The number of nitrogens with one attached hydrogen (secondary N) is 1. The second kappa shape index (κ2) is 48.2. The first-order valence-electron chi connectivity index (χ1n) is 40.7. The van der Waals surface area contributed by atoms with Gasteiger partial charge < -0.3 is 139 Å². The molecule has 0 radical (unpaired) electrons. The van der Waals surface area contributed by atoms with Crippen LogP contribution in [0.2, 0.25) is 0 Å². The molecule has 4 fully saturated rings. The first-order valence-corrected chi connectivity index (χ1v) is 40.7. The summed E-state index contributed by atoms with van der Waals surface area (Å²) in [5.41, 5.74) is 4.34. The summed E-state index contributed by atoms with van der Waals surface area (Å²) < 4.78 is 63.1. The number of hydrogen-bond donors (Lipinski definition) is 17. The average Bonchev–Trinajstić information content (AvgIpc) is 0.807. The van der Waals surface area contributed by atoms with E-state index in [9.17, 15) is 115 Å². The normalized spacial score (nSPS) is 26.2. The molecule has 17 N–H and O–H groups in total. The number of benzene rings is 4. The van der Waals surface area contributed by atoms with Gasteiger partial charge in [0.1, 0.15) is 117 Å². The van der Waals surface area contributed by atoms with E-state index in [1.807, 2.05) is 52.0 Å². The van der Waals surface area contributed by atoms with Crippen LogP contribution in [0.3, 0.4) is 0 Å². The van der Waals surface area contributed by atoms with Gasteiger partial charge in [-0.05, 0) is 209 Å². The molecule has 4 aliphatic rings. The van der Waals surface area contributed by atoms with Crippen LogP contribution in [0.4, 0.5) is 10.5 Å². The number of carbonyl (C=O) groups is 9. The molecule has 0 spiro atoms. The van der Waals surface area contributed by atoms with Gasteiger partial charge in [-0.1, -0.05) is 82.3 Å². The molecule has 4 heterocycles. The average molecular weight is 1800 g/mol. The third kappa shape index (κ3) is 31.5. The molecule has 4 saturated heterocycles. The molecule has 0 saturated carbocycles. The molecule has 4 aromatic carbocycles. The van der Waals surface area contributed by atoms with Crippen molar-refractivity contribution in [2.45, 2.75) is 259 Å². The number of rotatable bonds is 28. The number of aliphatic hydroxyl groups is 12. The molecule has 1 amide bonds. The lowest BCUT2D eigenvalue weighted by molar-refractivity contribution is -0.277. The molecular weight excluding hydrogens is 1670 g/mol. The Bertz CT molecular complexity index is 4470. The number of anilines is 1. The zero-order chi connectivity index (χ0) is 95.7. The first kappa shape index (κ1) is 107. The summed E-state index contributed by atoms with van der Waals surface area (Å²) in [4.78, 5) is 105. The van der Waals surface area contributed by atoms with Gasteiger partial charge in [0.2, 0.25) is 25.2 Å². The molecule has 0 aliphatic carbocycles. The lowest BCUT2D eigenvalue weighted by Gasteiger charge is -2.38. The largest absolute Gasteiger partial charge is 0.479 e. The van der Waals surface area contributed by atoms with Gasteiger partial charge in [0.05, 0.1) is 21.7 Å². The lowest BCUT2D eigenvalue weighted by atomic mass is 9.97. The number of esters is 4. The van der Waals surface area contributed by atoms with Crippen molar-refractivity contribution in [3.63, 3.8) is 0 Å². The van der Waals surface area contributed by atoms with Crippen LogP contribution in [0.15, 0.2) is 97.1 Å². The second-order valence-electron chi connectivity index (χ2n) is 33.8. The predicted molar refractivity (Wildman–Crippen MR) is 450 cm³/mol. The van der Waals surface area contributed by atoms with E-state index in [1.54, 1.807) is 180 Å². The van der Waals surface area contributed by atoms with Crippen molar-refractivity contribution in [3.8, 4) is 17.2 Å². The van der Waals surface area contributed by atoms with Crippen LogP contribution in [-0.2, 0) is 107 Å². The Hall–Kier alpha value is -10.4. The molecule has 704 valence electrons. The van der Waals surface area contributed by atoms with E-state index >= 15 is 0 Å². The number of carboxylic acid groups (broad SMARTS) is 4. The standard InChI is InChI=1S/C23H31NO10.3C22H30O9/c1-5-13-11-12(7-6-10-32-21(30)23(2,3)4)8-9-14(13)24-22(31)34-20-17(27)15(25)16(26)18(33-20)19(28)29;1-5-12-11-14(9-8-13(12)7-6-10-29-21(28)22(2,3)4)30-20-17(25)15(23)16(24)18(31-20)19(26)27;1-5-12-8-9-14(13(11-12)7-6-10-29-21(28)22(2,3)4)30-20-17(25)15(23)16(24)18(31-20)19(26)27;1-5-12-8-9-13(7-6-10-29-21(28)22(2,3)4)14(11-12)30-20-17(25)15(23)16(24)18(31-20)19(26)27/h6-9,11,15-18,20,25-27H,5,10H2,1-4H3,(H,24,31)(H,28,29);3*6-9,11,15-18,20,23-25H,5,10H2,1-4H3,(H,26,27)/b4*7-6+/t15-,16-,17+,18-,20-;15-,16-,17+,18-,20+;15-,16-,17+,18-,20?;15-,16-,17+,18-,20+/m0000/s1. The van der Waals surface area contributed by atoms with Crippen molar-refractivity contribution >= 4 is 83.8 Å². The minimum absolute atomic E-state index is 0.0413. The summed E-state index contributed by atoms with van der Waals surface area (Å²) in [7, 11) is 0. The summed E-state index contributed by atoms with van der Waals surface area (Å²) >= 11 is 0. The Balaban J connectivity index is 0.000000301. The number of carbonyl (C=O) groups excluding carboxylic acids is 5. The van der Waals surface area contributed by atoms with E-state index in [0.717, 1.165) is 39.8 Å². The topological polar surface area (TPSA) is 600 Å². The summed E-state index contributed by atoms with van der Waals surface area (Å²) in [6.45, 7) is 29.2. The number of aliphatic carboxylic acids is 4. The molecule has 20 atom stereocenters. The third-order valence-electron chi connectivity index (χ3n) is 19.3. The lowest BCUT2D eigenvalue weighted by Crippen LogP contribution is -2.61. The molecular formula is C89H121NO37. The van der Waals surface area contributed by atoms with Crippen molar-refractivity contribution in [1.29, 1.82) is 0 Å². The highest BCUT2D eigenvalue weighted by atomic mass is 16.7. The van der Waals surface area contributed by atoms with Crippen molar-refractivity contribution in [3.05, 3.63) is 142 Å². The van der Waals surface area contributed by atoms with Crippen LogP contribution < -0.4 is 19.5 Å². The number of ether oxygens (including phenoxy) is 12. The smallest absolute Gasteiger partial charge is 0.414 e. The number of aryl methyl sites for hydroxylation is 4. The Labute approximate surface area is 734 Å². The van der Waals surface area contributed by atoms with Gasteiger partial charge in [-0.25, -0.2) is 24.0 Å². The SMILES string of the molecule is CCc1cc(/C=C/COC(=O)C(C)(C)C)ccc1NC(=O)O[C@@H]1O[C@H](C(=O)O)[C@@H](O)[C@H](O)[C@H]1O.CCc1cc(O[C@@H]2O[C@H](C(=O)O)[C@@H](O)[C@H](O)[C@H]2O)ccc1/C=C/COC(=O)C(C)(C)C.CCc1ccc(/C=C/COC(=O)C(C)(C)C)c(O[C@@H]2O[C@H](C(=O)O)[C@@H](O)[C@H](O)[C@H]2O)c1.CCc1ccc(OC2O[C@H](C(=O)O)[C@@H](O)[C@H](O)[C@H]2O)c(/C=C/COC(=O)C(C)(C)C)c1. The zero-order valence-corrected chi connectivity index (χ0v) is 73.5. The van der Waals surface area contributed by atoms with E-state index in [4.69, 9.17) is 67.1 Å². The van der Waals surface area contributed by atoms with Crippen LogP contribution in [0.5, 0.6) is 17.2 Å². The predicted octanol–water partition coefficient (Wildman–Crippen LogP) is 4.66. The highest BCUT2D eigenvalue weighted by Gasteiger charge is 2.52. The van der Waals surface area contributed by atoms with Gasteiger partial charge in [-0.2, -0.15) is 0 Å². The monoisotopic (exact) mass is 1800 g/mol. The van der Waals surface area contributed by atoms with Gasteiger partial charge >= 0.3 is 53.8 Å². The number of carboxylic acids is 4. The van der Waals surface area contributed by atoms with Gasteiger partial charge in [-0.3, -0.25) is 24.5 Å². The minimum Gasteiger partial charge on any atom is -0.479 e. The summed E-state index contributed by atoms with van der Waals surface area (Å²) in [5, 5.41) is 158. The van der Waals surface area contributed by atoms with E-state index in [-0.39, 0.29) is 61.8 Å². The maximum absolute atomic E-state index is 12.3. The molecule has 127 heavy (non-hydrogen) atoms. The molecule has 0 bridgehead atoms. The molecule has 0 aromatic heterocycles. The van der Waals surface area contributed by atoms with E-state index < -0.39 is 174 Å². The highest BCUT2D eigenvalue weighted by molar-refractivity contribution is 5.86. The van der Waals surface area contributed by atoms with E-state index in [1.165, 1.54) is 0 Å². The fraction of sp³-hybridized carbons (Fsp3) is 0.539.